The zero-order valence-corrected chi connectivity index (χ0v) is 11.0. The fourth-order valence-corrected chi connectivity index (χ4v) is 1.99. The molecule has 7 heteroatoms. The van der Waals surface area contributed by atoms with Crippen LogP contribution in [0.5, 0.6) is 5.75 Å². The monoisotopic (exact) mass is 279 g/mol. The van der Waals surface area contributed by atoms with E-state index in [1.807, 2.05) is 0 Å². The van der Waals surface area contributed by atoms with Gasteiger partial charge in [-0.25, -0.2) is 4.79 Å². The number of benzene rings is 1. The molecule has 1 aromatic rings. The molecule has 0 unspecified atom stereocenters. The van der Waals surface area contributed by atoms with Gasteiger partial charge in [-0.3, -0.25) is 4.79 Å². The van der Waals surface area contributed by atoms with Gasteiger partial charge < -0.3 is 25.4 Å². The zero-order valence-electron chi connectivity index (χ0n) is 11.0. The van der Waals surface area contributed by atoms with Crippen molar-refractivity contribution in [1.29, 1.82) is 0 Å². The van der Waals surface area contributed by atoms with E-state index in [0.717, 1.165) is 0 Å². The molecular weight excluding hydrogens is 262 g/mol. The standard InChI is InChI=1S/C13H17N3O4/c14-10-2-1-3-11(8-10)20-9-12(17)15-4-6-16(7-5-15)13(18)19/h1-3,8H,4-7,9,14H2,(H,18,19). The summed E-state index contributed by atoms with van der Waals surface area (Å²) in [4.78, 5) is 25.6. The zero-order chi connectivity index (χ0) is 14.5. The molecule has 2 amide bonds. The molecule has 1 saturated heterocycles. The van der Waals surface area contributed by atoms with Gasteiger partial charge in [0.1, 0.15) is 5.75 Å². The van der Waals surface area contributed by atoms with Crippen LogP contribution in [-0.4, -0.2) is 59.7 Å². The van der Waals surface area contributed by atoms with Crippen LogP contribution in [0.2, 0.25) is 0 Å². The van der Waals surface area contributed by atoms with Gasteiger partial charge in [0.15, 0.2) is 6.61 Å². The molecule has 1 aliphatic rings. The van der Waals surface area contributed by atoms with Gasteiger partial charge in [0.2, 0.25) is 0 Å². The van der Waals surface area contributed by atoms with Crippen molar-refractivity contribution < 1.29 is 19.4 Å². The highest BCUT2D eigenvalue weighted by molar-refractivity contribution is 5.78. The van der Waals surface area contributed by atoms with Crippen LogP contribution in [0, 0.1) is 0 Å². The highest BCUT2D eigenvalue weighted by atomic mass is 16.5. The molecule has 1 fully saturated rings. The Morgan fingerprint density at radius 2 is 1.85 bits per heavy atom. The maximum Gasteiger partial charge on any atom is 0.407 e. The van der Waals surface area contributed by atoms with E-state index in [0.29, 0.717) is 37.6 Å². The minimum atomic E-state index is -0.951. The Kier molecular flexibility index (Phi) is 4.29. The number of carboxylic acid groups (broad SMARTS) is 1. The summed E-state index contributed by atoms with van der Waals surface area (Å²) in [6.45, 7) is 1.38. The van der Waals surface area contributed by atoms with Gasteiger partial charge in [-0.1, -0.05) is 6.07 Å². The van der Waals surface area contributed by atoms with E-state index in [4.69, 9.17) is 15.6 Å². The van der Waals surface area contributed by atoms with Crippen LogP contribution < -0.4 is 10.5 Å². The van der Waals surface area contributed by atoms with Gasteiger partial charge in [-0.2, -0.15) is 0 Å². The van der Waals surface area contributed by atoms with E-state index < -0.39 is 6.09 Å². The Balaban J connectivity index is 1.80. The van der Waals surface area contributed by atoms with Crippen LogP contribution in [0.4, 0.5) is 10.5 Å². The van der Waals surface area contributed by atoms with Gasteiger partial charge in [0.05, 0.1) is 0 Å². The quantitative estimate of drug-likeness (QED) is 0.784. The molecule has 0 spiro atoms. The Labute approximate surface area is 116 Å². The highest BCUT2D eigenvalue weighted by Gasteiger charge is 2.23. The van der Waals surface area contributed by atoms with E-state index in [1.54, 1.807) is 29.2 Å². The van der Waals surface area contributed by atoms with Gasteiger partial charge >= 0.3 is 6.09 Å². The van der Waals surface area contributed by atoms with Gasteiger partial charge in [-0.15, -0.1) is 0 Å². The van der Waals surface area contributed by atoms with E-state index in [9.17, 15) is 9.59 Å². The molecule has 1 aliphatic heterocycles. The number of carbonyl (C=O) groups excluding carboxylic acids is 1. The summed E-state index contributed by atoms with van der Waals surface area (Å²) in [6, 6.07) is 6.86. The second-order valence-corrected chi connectivity index (χ2v) is 4.51. The molecule has 0 saturated carbocycles. The number of hydrogen-bond acceptors (Lipinski definition) is 4. The summed E-state index contributed by atoms with van der Waals surface area (Å²) in [5, 5.41) is 8.83. The lowest BCUT2D eigenvalue weighted by Gasteiger charge is -2.33. The Hall–Kier alpha value is -2.44. The first-order valence-electron chi connectivity index (χ1n) is 6.30. The molecule has 0 aliphatic carbocycles. The van der Waals surface area contributed by atoms with E-state index in [1.165, 1.54) is 4.90 Å². The van der Waals surface area contributed by atoms with E-state index >= 15 is 0 Å². The number of nitrogens with two attached hydrogens (primary N) is 1. The maximum absolute atomic E-state index is 11.9. The first kappa shape index (κ1) is 14.0. The second kappa shape index (κ2) is 6.14. The first-order chi connectivity index (χ1) is 9.56. The normalized spacial score (nSPS) is 15.0. The third kappa shape index (κ3) is 3.53. The van der Waals surface area contributed by atoms with Gasteiger partial charge in [-0.05, 0) is 12.1 Å². The molecular formula is C13H17N3O4. The van der Waals surface area contributed by atoms with Crippen LogP contribution in [0.1, 0.15) is 0 Å². The minimum Gasteiger partial charge on any atom is -0.484 e. The third-order valence-corrected chi connectivity index (χ3v) is 3.12. The predicted octanol–water partition coefficient (Wildman–Crippen LogP) is 0.470. The topological polar surface area (TPSA) is 96.1 Å². The number of carbonyl (C=O) groups is 2. The van der Waals surface area contributed by atoms with E-state index in [-0.39, 0.29) is 12.5 Å². The van der Waals surface area contributed by atoms with Crippen LogP contribution in [-0.2, 0) is 4.79 Å². The fourth-order valence-electron chi connectivity index (χ4n) is 1.99. The lowest BCUT2D eigenvalue weighted by molar-refractivity contribution is -0.134. The second-order valence-electron chi connectivity index (χ2n) is 4.51. The average molecular weight is 279 g/mol. The van der Waals surface area contributed by atoms with Crippen molar-refractivity contribution in [1.82, 2.24) is 9.80 Å². The number of anilines is 1. The van der Waals surface area contributed by atoms with Crippen LogP contribution >= 0.6 is 0 Å². The summed E-state index contributed by atoms with van der Waals surface area (Å²) >= 11 is 0. The number of nitrogens with zero attached hydrogens (tertiary/aromatic N) is 2. The maximum atomic E-state index is 11.9. The summed E-state index contributed by atoms with van der Waals surface area (Å²) in [5.41, 5.74) is 6.19. The van der Waals surface area contributed by atoms with Crippen molar-refractivity contribution in [2.75, 3.05) is 38.5 Å². The molecule has 0 radical (unpaired) electrons. The van der Waals surface area contributed by atoms with Gasteiger partial charge in [0, 0.05) is 37.9 Å². The molecule has 7 nitrogen and oxygen atoms in total. The summed E-state index contributed by atoms with van der Waals surface area (Å²) in [7, 11) is 0. The number of rotatable bonds is 3. The largest absolute Gasteiger partial charge is 0.484 e. The Morgan fingerprint density at radius 1 is 1.20 bits per heavy atom. The van der Waals surface area contributed by atoms with Gasteiger partial charge in [0.25, 0.3) is 5.91 Å². The number of nitrogen functional groups attached to an aromatic ring is 1. The van der Waals surface area contributed by atoms with Crippen LogP contribution in [0.3, 0.4) is 0 Å². The molecule has 2 rings (SSSR count). The van der Waals surface area contributed by atoms with Crippen LogP contribution in [0.25, 0.3) is 0 Å². The smallest absolute Gasteiger partial charge is 0.407 e. The van der Waals surface area contributed by atoms with Crippen LogP contribution in [0.15, 0.2) is 24.3 Å². The molecule has 0 bridgehead atoms. The number of ether oxygens (including phenoxy) is 1. The Bertz CT molecular complexity index is 498. The highest BCUT2D eigenvalue weighted by Crippen LogP contribution is 2.14. The molecule has 3 N–H and O–H groups in total. The van der Waals surface area contributed by atoms with Crippen molar-refractivity contribution in [3.63, 3.8) is 0 Å². The number of amides is 2. The molecule has 1 heterocycles. The average Bonchev–Trinajstić information content (AvgIpc) is 2.45. The number of piperazine rings is 1. The minimum absolute atomic E-state index is 0.0729. The van der Waals surface area contributed by atoms with Crippen molar-refractivity contribution in [3.8, 4) is 5.75 Å². The third-order valence-electron chi connectivity index (χ3n) is 3.12. The first-order valence-corrected chi connectivity index (χ1v) is 6.30. The molecule has 108 valence electrons. The Morgan fingerprint density at radius 3 is 2.45 bits per heavy atom. The molecule has 0 atom stereocenters. The number of hydrogen-bond donors (Lipinski definition) is 2. The van der Waals surface area contributed by atoms with Crippen molar-refractivity contribution >= 4 is 17.7 Å². The predicted molar refractivity (Wildman–Crippen MR) is 72.5 cm³/mol. The van der Waals surface area contributed by atoms with Crippen molar-refractivity contribution in [3.05, 3.63) is 24.3 Å². The van der Waals surface area contributed by atoms with Crippen molar-refractivity contribution in [2.24, 2.45) is 0 Å². The lowest BCUT2D eigenvalue weighted by atomic mass is 10.3. The summed E-state index contributed by atoms with van der Waals surface area (Å²) in [6.07, 6.45) is -0.951. The molecule has 20 heavy (non-hydrogen) atoms. The SMILES string of the molecule is Nc1cccc(OCC(=O)N2CCN(C(=O)O)CC2)c1. The molecule has 0 aromatic heterocycles. The summed E-state index contributed by atoms with van der Waals surface area (Å²) < 4.78 is 5.37. The molecule has 1 aromatic carbocycles. The van der Waals surface area contributed by atoms with Crippen molar-refractivity contribution in [2.45, 2.75) is 0 Å². The van der Waals surface area contributed by atoms with E-state index in [2.05, 4.69) is 0 Å². The summed E-state index contributed by atoms with van der Waals surface area (Å²) in [5.74, 6) is 0.389. The lowest BCUT2D eigenvalue weighted by Crippen LogP contribution is -2.51. The fraction of sp³-hybridized carbons (Fsp3) is 0.385.